The third-order valence-corrected chi connectivity index (χ3v) is 7.59. The second kappa shape index (κ2) is 9.61. The van der Waals surface area contributed by atoms with Gasteiger partial charge in [0.25, 0.3) is 5.91 Å². The minimum absolute atomic E-state index is 0.0752. The Bertz CT molecular complexity index is 1020. The first-order valence-corrected chi connectivity index (χ1v) is 12.4. The molecule has 2 aromatic rings. The number of carbonyl (C=O) groups excluding carboxylic acids is 1. The number of rotatable bonds is 4. The molecule has 1 heterocycles. The fourth-order valence-electron chi connectivity index (χ4n) is 4.28. The van der Waals surface area contributed by atoms with Gasteiger partial charge in [0, 0.05) is 24.6 Å². The Balaban J connectivity index is 1.70. The van der Waals surface area contributed by atoms with Crippen LogP contribution in [-0.4, -0.2) is 36.1 Å². The van der Waals surface area contributed by atoms with Gasteiger partial charge in [-0.05, 0) is 82.4 Å². The normalized spacial score (nSPS) is 24.3. The topological polar surface area (TPSA) is 35.9 Å². The van der Waals surface area contributed by atoms with E-state index >= 15 is 0 Å². The van der Waals surface area contributed by atoms with Crippen molar-refractivity contribution in [2.45, 2.75) is 38.6 Å². The summed E-state index contributed by atoms with van der Waals surface area (Å²) in [5.74, 6) is 0.554. The highest BCUT2D eigenvalue weighted by atomic mass is 79.9. The number of carbonyl (C=O) groups is 1. The van der Waals surface area contributed by atoms with Gasteiger partial charge in [0.1, 0.15) is 0 Å². The molecule has 0 radical (unpaired) electrons. The molecule has 1 saturated carbocycles. The van der Waals surface area contributed by atoms with Crippen molar-refractivity contribution in [2.75, 3.05) is 19.0 Å². The lowest BCUT2D eigenvalue weighted by Crippen LogP contribution is -2.44. The summed E-state index contributed by atoms with van der Waals surface area (Å²) in [5, 5.41) is 0.796. The van der Waals surface area contributed by atoms with Gasteiger partial charge in [-0.1, -0.05) is 44.0 Å². The molecular weight excluding hydrogens is 470 g/mol. The van der Waals surface area contributed by atoms with Crippen molar-refractivity contribution >= 4 is 56.2 Å². The predicted molar refractivity (Wildman–Crippen MR) is 136 cm³/mol. The van der Waals surface area contributed by atoms with E-state index in [0.29, 0.717) is 5.92 Å². The first-order chi connectivity index (χ1) is 14.9. The monoisotopic (exact) mass is 497 g/mol. The smallest absolute Gasteiger partial charge is 0.267 e. The maximum atomic E-state index is 13.6. The molecule has 4 rings (SSSR count). The van der Waals surface area contributed by atoms with Gasteiger partial charge in [-0.25, -0.2) is 4.99 Å². The molecule has 0 bridgehead atoms. The zero-order chi connectivity index (χ0) is 22.0. The summed E-state index contributed by atoms with van der Waals surface area (Å²) in [6.45, 7) is 2.26. The number of thioether (sulfide) groups is 1. The van der Waals surface area contributed by atoms with Crippen LogP contribution in [0.15, 0.2) is 62.9 Å². The summed E-state index contributed by atoms with van der Waals surface area (Å²) in [4.78, 5) is 23.2. The summed E-state index contributed by atoms with van der Waals surface area (Å²) < 4.78 is 1.01. The molecule has 0 spiro atoms. The van der Waals surface area contributed by atoms with Gasteiger partial charge in [0.2, 0.25) is 0 Å². The SMILES string of the molecule is C[C@@H]1CCCC[C@H]1N1C(=O)/C(=C/c2ccc(N(C)C)c(Br)c2)SC1=Nc1ccccc1. The molecule has 1 amide bonds. The van der Waals surface area contributed by atoms with E-state index in [4.69, 9.17) is 4.99 Å². The first kappa shape index (κ1) is 22.2. The van der Waals surface area contributed by atoms with Crippen LogP contribution in [0.1, 0.15) is 38.2 Å². The molecule has 2 aliphatic rings. The summed E-state index contributed by atoms with van der Waals surface area (Å²) in [6.07, 6.45) is 6.60. The fourth-order valence-corrected chi connectivity index (χ4v) is 6.07. The molecule has 2 aromatic carbocycles. The van der Waals surface area contributed by atoms with Crippen molar-refractivity contribution in [2.24, 2.45) is 10.9 Å². The van der Waals surface area contributed by atoms with E-state index in [9.17, 15) is 4.79 Å². The molecule has 0 N–H and O–H groups in total. The van der Waals surface area contributed by atoms with Gasteiger partial charge >= 0.3 is 0 Å². The number of aliphatic imine (C=N–C) groups is 1. The molecule has 4 nitrogen and oxygen atoms in total. The number of nitrogens with zero attached hydrogens (tertiary/aromatic N) is 3. The highest BCUT2D eigenvalue weighted by Gasteiger charge is 2.41. The molecule has 2 fully saturated rings. The number of benzene rings is 2. The van der Waals surface area contributed by atoms with E-state index in [0.717, 1.165) is 44.3 Å². The van der Waals surface area contributed by atoms with Crippen LogP contribution in [-0.2, 0) is 4.79 Å². The molecule has 162 valence electrons. The van der Waals surface area contributed by atoms with Gasteiger partial charge in [0.05, 0.1) is 16.3 Å². The van der Waals surface area contributed by atoms with E-state index in [1.165, 1.54) is 24.6 Å². The Hall–Kier alpha value is -2.05. The van der Waals surface area contributed by atoms with Gasteiger partial charge in [-0.15, -0.1) is 0 Å². The molecule has 31 heavy (non-hydrogen) atoms. The highest BCUT2D eigenvalue weighted by Crippen LogP contribution is 2.40. The first-order valence-electron chi connectivity index (χ1n) is 10.8. The lowest BCUT2D eigenvalue weighted by Gasteiger charge is -2.35. The number of hydrogen-bond acceptors (Lipinski definition) is 4. The zero-order valence-electron chi connectivity index (χ0n) is 18.2. The summed E-state index contributed by atoms with van der Waals surface area (Å²) in [6, 6.07) is 16.3. The van der Waals surface area contributed by atoms with Crippen LogP contribution in [0.3, 0.4) is 0 Å². The number of para-hydroxylation sites is 1. The maximum absolute atomic E-state index is 13.6. The van der Waals surface area contributed by atoms with Crippen LogP contribution >= 0.6 is 27.7 Å². The second-order valence-corrected chi connectivity index (χ2v) is 10.3. The minimum Gasteiger partial charge on any atom is -0.377 e. The predicted octanol–water partition coefficient (Wildman–Crippen LogP) is 6.70. The summed E-state index contributed by atoms with van der Waals surface area (Å²) in [7, 11) is 4.04. The van der Waals surface area contributed by atoms with Crippen molar-refractivity contribution in [1.29, 1.82) is 0 Å². The van der Waals surface area contributed by atoms with Crippen LogP contribution < -0.4 is 4.90 Å². The Labute approximate surface area is 197 Å². The number of amidine groups is 1. The van der Waals surface area contributed by atoms with Gasteiger partial charge in [-0.3, -0.25) is 9.69 Å². The van der Waals surface area contributed by atoms with Crippen LogP contribution in [0.25, 0.3) is 6.08 Å². The molecule has 1 saturated heterocycles. The molecule has 6 heteroatoms. The molecular formula is C25H28BrN3OS. The highest BCUT2D eigenvalue weighted by molar-refractivity contribution is 9.10. The molecule has 0 aromatic heterocycles. The largest absolute Gasteiger partial charge is 0.377 e. The van der Waals surface area contributed by atoms with E-state index < -0.39 is 0 Å². The Morgan fingerprint density at radius 2 is 1.87 bits per heavy atom. The van der Waals surface area contributed by atoms with Crippen LogP contribution in [0.4, 0.5) is 11.4 Å². The summed E-state index contributed by atoms with van der Waals surface area (Å²) >= 11 is 5.14. The number of amides is 1. The Morgan fingerprint density at radius 1 is 1.13 bits per heavy atom. The van der Waals surface area contributed by atoms with Crippen molar-refractivity contribution in [3.05, 3.63) is 63.5 Å². The van der Waals surface area contributed by atoms with Crippen molar-refractivity contribution in [1.82, 2.24) is 4.90 Å². The number of halogens is 1. The minimum atomic E-state index is 0.0752. The second-order valence-electron chi connectivity index (χ2n) is 8.45. The average Bonchev–Trinajstić information content (AvgIpc) is 3.03. The number of anilines is 1. The summed E-state index contributed by atoms with van der Waals surface area (Å²) in [5.41, 5.74) is 2.99. The van der Waals surface area contributed by atoms with E-state index in [1.54, 1.807) is 0 Å². The Morgan fingerprint density at radius 3 is 2.55 bits per heavy atom. The van der Waals surface area contributed by atoms with Crippen molar-refractivity contribution < 1.29 is 4.79 Å². The molecule has 1 aliphatic carbocycles. The lowest BCUT2D eigenvalue weighted by atomic mass is 9.85. The average molecular weight is 498 g/mol. The Kier molecular flexibility index (Phi) is 6.87. The third-order valence-electron chi connectivity index (χ3n) is 5.97. The molecule has 2 atom stereocenters. The lowest BCUT2D eigenvalue weighted by molar-refractivity contribution is -0.124. The zero-order valence-corrected chi connectivity index (χ0v) is 20.6. The van der Waals surface area contributed by atoms with E-state index in [1.807, 2.05) is 55.4 Å². The fraction of sp³-hybridized carbons (Fsp3) is 0.360. The van der Waals surface area contributed by atoms with E-state index in [-0.39, 0.29) is 11.9 Å². The van der Waals surface area contributed by atoms with Crippen LogP contribution in [0.2, 0.25) is 0 Å². The van der Waals surface area contributed by atoms with Crippen molar-refractivity contribution in [3.63, 3.8) is 0 Å². The quantitative estimate of drug-likeness (QED) is 0.440. The van der Waals surface area contributed by atoms with Crippen LogP contribution in [0, 0.1) is 5.92 Å². The van der Waals surface area contributed by atoms with Crippen molar-refractivity contribution in [3.8, 4) is 0 Å². The van der Waals surface area contributed by atoms with Crippen LogP contribution in [0.5, 0.6) is 0 Å². The van der Waals surface area contributed by atoms with Gasteiger partial charge < -0.3 is 4.90 Å². The standard InChI is InChI=1S/C25H28BrN3OS/c1-17-9-7-8-12-21(17)29-24(30)23(31-25(29)27-19-10-5-4-6-11-19)16-18-13-14-22(28(2)3)20(26)15-18/h4-6,10-11,13-17,21H,7-9,12H2,1-3H3/b23-16-,27-25?/t17-,21-/m1/s1. The number of hydrogen-bond donors (Lipinski definition) is 0. The van der Waals surface area contributed by atoms with Gasteiger partial charge in [-0.2, -0.15) is 0 Å². The maximum Gasteiger partial charge on any atom is 0.267 e. The van der Waals surface area contributed by atoms with E-state index in [2.05, 4.69) is 46.0 Å². The van der Waals surface area contributed by atoms with Gasteiger partial charge in [0.15, 0.2) is 5.17 Å². The molecule has 0 unspecified atom stereocenters. The molecule has 1 aliphatic heterocycles. The third kappa shape index (κ3) is 4.90.